The summed E-state index contributed by atoms with van der Waals surface area (Å²) in [5.41, 5.74) is 11.9. The summed E-state index contributed by atoms with van der Waals surface area (Å²) in [5.74, 6) is 0.694. The van der Waals surface area contributed by atoms with Crippen molar-refractivity contribution in [2.45, 2.75) is 75.5 Å². The Balaban J connectivity index is 0.798. The normalized spacial score (nSPS) is 24.9. The zero-order valence-electron chi connectivity index (χ0n) is 31.8. The average Bonchev–Trinajstić information content (AvgIpc) is 3.91. The first-order valence-corrected chi connectivity index (χ1v) is 20.1. The number of aliphatic hydroxyl groups excluding tert-OH is 1. The molecule has 6 heterocycles. The van der Waals surface area contributed by atoms with Gasteiger partial charge in [-0.15, -0.1) is 0 Å². The number of nitrogens with zero attached hydrogens (tertiary/aromatic N) is 7. The van der Waals surface area contributed by atoms with Gasteiger partial charge in [-0.1, -0.05) is 23.4 Å². The molecule has 2 aromatic heterocycles. The van der Waals surface area contributed by atoms with E-state index < -0.39 is 18.1 Å². The number of hydrogen-bond acceptors (Lipinski definition) is 11. The van der Waals surface area contributed by atoms with Gasteiger partial charge >= 0.3 is 6.03 Å². The summed E-state index contributed by atoms with van der Waals surface area (Å²) in [4.78, 5) is 55.3. The molecule has 1 aliphatic carbocycles. The Kier molecular flexibility index (Phi) is 9.74. The number of amides is 4. The number of anilines is 3. The summed E-state index contributed by atoms with van der Waals surface area (Å²) in [6, 6.07) is 12.8. The summed E-state index contributed by atoms with van der Waals surface area (Å²) < 4.78 is 5.88. The number of carbonyl (C=O) groups is 3. The third-order valence-corrected chi connectivity index (χ3v) is 12.7. The minimum absolute atomic E-state index is 0.0702. The number of primary amides is 1. The summed E-state index contributed by atoms with van der Waals surface area (Å²) in [6.45, 7) is 6.02. The number of piperidine rings is 3. The van der Waals surface area contributed by atoms with Gasteiger partial charge in [0.1, 0.15) is 17.7 Å². The molecule has 15 nitrogen and oxygen atoms in total. The Hall–Kier alpha value is -5.28. The van der Waals surface area contributed by atoms with Crippen LogP contribution >= 0.6 is 0 Å². The molecule has 0 radical (unpaired) electrons. The number of aromatic nitrogens is 3. The molecule has 0 saturated carbocycles. The van der Waals surface area contributed by atoms with Gasteiger partial charge in [0.2, 0.25) is 5.91 Å². The van der Waals surface area contributed by atoms with Crippen molar-refractivity contribution in [3.63, 3.8) is 0 Å². The van der Waals surface area contributed by atoms with E-state index in [0.29, 0.717) is 48.6 Å². The van der Waals surface area contributed by atoms with Crippen molar-refractivity contribution in [2.75, 3.05) is 63.1 Å². The van der Waals surface area contributed by atoms with Crippen LogP contribution in [-0.4, -0.2) is 118 Å². The maximum absolute atomic E-state index is 12.7. The summed E-state index contributed by atoms with van der Waals surface area (Å²) in [6.07, 6.45) is 7.84. The van der Waals surface area contributed by atoms with Crippen molar-refractivity contribution >= 4 is 46.1 Å². The number of urea groups is 1. The van der Waals surface area contributed by atoms with E-state index >= 15 is 0 Å². The van der Waals surface area contributed by atoms with Gasteiger partial charge in [0, 0.05) is 56.4 Å². The number of nitrogens with one attached hydrogen (secondary N) is 2. The van der Waals surface area contributed by atoms with Gasteiger partial charge in [0.25, 0.3) is 5.91 Å². The number of likely N-dealkylation sites (N-methyl/N-ethyl adjacent to an activating group) is 1. The Morgan fingerprint density at radius 1 is 1.00 bits per heavy atom. The Labute approximate surface area is 325 Å². The quantitative estimate of drug-likeness (QED) is 0.195. The minimum Gasteiger partial charge on any atom is -0.374 e. The van der Waals surface area contributed by atoms with Crippen LogP contribution in [0.5, 0.6) is 0 Å². The standard InChI is InChI=1S/C41H50N10O5/c1-48-17-18-51(41(48)55)29-3-2-14-50(23-29)33-21-43-36(38(42)53)39(45-33)44-28-7-4-25(5-8-28)26-12-15-49(16-13-26)22-24-19-27-6-9-30-35(47-56-37(30)32(27)20-24)31-10-11-34(52)46-40(31)54/h4-9,21,24,26,29,31,34,52H,2-3,10-20,22-23H2,1H3,(H2,42,53)(H,44,45)(H,46,54)/t24?,29-,31?,34?/m1/s1. The topological polar surface area (TPSA) is 186 Å². The maximum atomic E-state index is 12.7. The van der Waals surface area contributed by atoms with Gasteiger partial charge in [-0.05, 0) is 106 Å². The van der Waals surface area contributed by atoms with Crippen molar-refractivity contribution < 1.29 is 24.0 Å². The van der Waals surface area contributed by atoms with Gasteiger partial charge in [-0.2, -0.15) is 0 Å². The molecule has 5 aliphatic rings. The molecule has 4 aromatic rings. The van der Waals surface area contributed by atoms with E-state index in [2.05, 4.69) is 54.8 Å². The highest BCUT2D eigenvalue weighted by Crippen LogP contribution is 2.39. The first-order chi connectivity index (χ1) is 27.2. The zero-order chi connectivity index (χ0) is 38.5. The number of hydrogen-bond donors (Lipinski definition) is 4. The summed E-state index contributed by atoms with van der Waals surface area (Å²) >= 11 is 0. The predicted octanol–water partition coefficient (Wildman–Crippen LogP) is 3.70. The van der Waals surface area contributed by atoms with Crippen LogP contribution < -0.4 is 21.3 Å². The molecule has 0 spiro atoms. The van der Waals surface area contributed by atoms with Crippen LogP contribution in [-0.2, 0) is 17.6 Å². The van der Waals surface area contributed by atoms with Crippen LogP contribution in [0.4, 0.5) is 22.1 Å². The fraction of sp³-hybridized carbons (Fsp3) is 0.512. The summed E-state index contributed by atoms with van der Waals surface area (Å²) in [7, 11) is 1.84. The number of aliphatic hydroxyl groups is 1. The molecule has 294 valence electrons. The highest BCUT2D eigenvalue weighted by Gasteiger charge is 2.36. The van der Waals surface area contributed by atoms with Crippen LogP contribution in [0.15, 0.2) is 47.1 Å². The lowest BCUT2D eigenvalue weighted by Gasteiger charge is -2.37. The number of likely N-dealkylation sites (tertiary alicyclic amines) is 1. The average molecular weight is 763 g/mol. The number of benzene rings is 2. The van der Waals surface area contributed by atoms with Gasteiger partial charge < -0.3 is 45.6 Å². The monoisotopic (exact) mass is 762 g/mol. The minimum atomic E-state index is -0.794. The highest BCUT2D eigenvalue weighted by molar-refractivity contribution is 5.96. The van der Waals surface area contributed by atoms with Crippen molar-refractivity contribution in [1.29, 1.82) is 0 Å². The lowest BCUT2D eigenvalue weighted by Crippen LogP contribution is -2.49. The van der Waals surface area contributed by atoms with Crippen LogP contribution in [0.25, 0.3) is 11.0 Å². The lowest BCUT2D eigenvalue weighted by atomic mass is 9.89. The zero-order valence-corrected chi connectivity index (χ0v) is 31.8. The number of rotatable bonds is 9. The van der Waals surface area contributed by atoms with E-state index in [1.165, 1.54) is 16.7 Å². The third-order valence-electron chi connectivity index (χ3n) is 12.7. The van der Waals surface area contributed by atoms with Crippen LogP contribution in [0, 0.1) is 5.92 Å². The van der Waals surface area contributed by atoms with Crippen molar-refractivity contribution in [3.05, 3.63) is 70.7 Å². The van der Waals surface area contributed by atoms with Gasteiger partial charge in [0.15, 0.2) is 17.1 Å². The van der Waals surface area contributed by atoms with E-state index in [-0.39, 0.29) is 23.7 Å². The third kappa shape index (κ3) is 7.02. The SMILES string of the molecule is CN1CCN([C@@H]2CCCN(c3cnc(C(N)=O)c(Nc4ccc(C5CCN(CC6Cc7ccc8c(C9CCC(O)NC9=O)noc8c7C6)CC5)cc4)n3)C2)C1=O. The van der Waals surface area contributed by atoms with E-state index in [1.54, 1.807) is 11.1 Å². The van der Waals surface area contributed by atoms with Crippen LogP contribution in [0.2, 0.25) is 0 Å². The van der Waals surface area contributed by atoms with Gasteiger partial charge in [-0.3, -0.25) is 9.59 Å². The van der Waals surface area contributed by atoms with Gasteiger partial charge in [0.05, 0.1) is 18.2 Å². The van der Waals surface area contributed by atoms with Crippen LogP contribution in [0.3, 0.4) is 0 Å². The smallest absolute Gasteiger partial charge is 0.320 e. The lowest BCUT2D eigenvalue weighted by molar-refractivity contribution is -0.128. The second kappa shape index (κ2) is 15.0. The Bertz CT molecular complexity index is 2130. The number of nitrogens with two attached hydrogens (primary N) is 1. The Morgan fingerprint density at radius 2 is 1.82 bits per heavy atom. The number of carbonyl (C=O) groups excluding carboxylic acids is 3. The molecule has 15 heteroatoms. The molecule has 4 atom stereocenters. The molecule has 5 N–H and O–H groups in total. The van der Waals surface area contributed by atoms with E-state index in [9.17, 15) is 19.5 Å². The molecule has 4 aliphatic heterocycles. The summed E-state index contributed by atoms with van der Waals surface area (Å²) in [5, 5.41) is 21.0. The molecule has 3 unspecified atom stereocenters. The fourth-order valence-electron chi connectivity index (χ4n) is 9.65. The van der Waals surface area contributed by atoms with Crippen molar-refractivity contribution in [1.82, 2.24) is 35.1 Å². The Morgan fingerprint density at radius 3 is 2.57 bits per heavy atom. The highest BCUT2D eigenvalue weighted by atomic mass is 16.5. The molecule has 56 heavy (non-hydrogen) atoms. The molecule has 4 amide bonds. The first-order valence-electron chi connectivity index (χ1n) is 20.1. The predicted molar refractivity (Wildman–Crippen MR) is 210 cm³/mol. The van der Waals surface area contributed by atoms with E-state index in [4.69, 9.17) is 15.2 Å². The van der Waals surface area contributed by atoms with Crippen molar-refractivity contribution in [2.24, 2.45) is 11.7 Å². The second-order valence-electron chi connectivity index (χ2n) is 16.3. The second-order valence-corrected chi connectivity index (χ2v) is 16.3. The largest absolute Gasteiger partial charge is 0.374 e. The maximum Gasteiger partial charge on any atom is 0.320 e. The molecule has 4 saturated heterocycles. The van der Waals surface area contributed by atoms with Gasteiger partial charge in [-0.25, -0.2) is 14.8 Å². The molecule has 2 aromatic carbocycles. The molecular weight excluding hydrogens is 713 g/mol. The first kappa shape index (κ1) is 36.4. The molecular formula is C41H50N10O5. The van der Waals surface area contributed by atoms with Crippen LogP contribution in [0.1, 0.15) is 83.2 Å². The molecule has 4 fully saturated rings. The fourth-order valence-corrected chi connectivity index (χ4v) is 9.65. The van der Waals surface area contributed by atoms with E-state index in [0.717, 1.165) is 94.5 Å². The van der Waals surface area contributed by atoms with Crippen molar-refractivity contribution in [3.8, 4) is 0 Å². The van der Waals surface area contributed by atoms with E-state index in [1.807, 2.05) is 24.1 Å². The molecule has 9 rings (SSSR count). The molecule has 0 bridgehead atoms. The number of fused-ring (bicyclic) bond motifs is 3.